The van der Waals surface area contributed by atoms with Gasteiger partial charge in [-0.3, -0.25) is 0 Å². The predicted molar refractivity (Wildman–Crippen MR) is 94.3 cm³/mol. The van der Waals surface area contributed by atoms with Crippen LogP contribution in [0.4, 0.5) is 5.69 Å². The van der Waals surface area contributed by atoms with Crippen LogP contribution >= 0.6 is 0 Å². The fourth-order valence-corrected chi connectivity index (χ4v) is 5.94. The van der Waals surface area contributed by atoms with Crippen molar-refractivity contribution < 1.29 is 21.0 Å². The van der Waals surface area contributed by atoms with Crippen LogP contribution in [-0.4, -0.2) is 16.8 Å². The van der Waals surface area contributed by atoms with Gasteiger partial charge in [-0.2, -0.15) is 16.8 Å². The molecule has 8 heteroatoms. The van der Waals surface area contributed by atoms with Crippen LogP contribution in [0, 0.1) is 6.92 Å². The molecule has 128 valence electrons. The topological polar surface area (TPSA) is 80.8 Å². The van der Waals surface area contributed by atoms with E-state index in [4.69, 9.17) is 4.18 Å². The van der Waals surface area contributed by atoms with Crippen molar-refractivity contribution in [3.8, 4) is 5.75 Å². The van der Waals surface area contributed by atoms with E-state index in [1.807, 2.05) is 6.92 Å². The molecule has 0 unspecified atom stereocenters. The molecule has 1 aliphatic heterocycles. The van der Waals surface area contributed by atoms with Crippen LogP contribution in [0.15, 0.2) is 65.6 Å². The molecule has 0 spiro atoms. The number of benzene rings is 3. The molecule has 0 bridgehead atoms. The summed E-state index contributed by atoms with van der Waals surface area (Å²) in [6.45, 7) is 1.81. The van der Waals surface area contributed by atoms with Gasteiger partial charge in [0, 0.05) is 0 Å². The minimum atomic E-state index is -4.49. The van der Waals surface area contributed by atoms with E-state index in [-0.39, 0.29) is 16.3 Å². The molecular formula is C17H13NO5S2. The van der Waals surface area contributed by atoms with E-state index >= 15 is 0 Å². The largest absolute Gasteiger partial charge is 0.423 e. The summed E-state index contributed by atoms with van der Waals surface area (Å²) in [6.07, 6.45) is 0. The van der Waals surface area contributed by atoms with E-state index in [0.717, 1.165) is 10.9 Å². The van der Waals surface area contributed by atoms with Gasteiger partial charge in [-0.15, -0.1) is 3.71 Å². The number of nitrogens with zero attached hydrogens (tertiary/aromatic N) is 1. The van der Waals surface area contributed by atoms with Crippen molar-refractivity contribution in [2.45, 2.75) is 11.8 Å². The SMILES string of the molecule is Cc1ccc(S(=O)(=O)N2c3cc4ccccc4cc3OS2(=O)=O)cc1. The first-order valence-electron chi connectivity index (χ1n) is 7.38. The lowest BCUT2D eigenvalue weighted by molar-refractivity contribution is 0.500. The molecule has 3 aromatic rings. The molecule has 3 aromatic carbocycles. The Morgan fingerprint density at radius 1 is 0.920 bits per heavy atom. The van der Waals surface area contributed by atoms with Gasteiger partial charge in [-0.25, -0.2) is 0 Å². The summed E-state index contributed by atoms with van der Waals surface area (Å²) in [5, 5.41) is 1.47. The van der Waals surface area contributed by atoms with Gasteiger partial charge in [-0.05, 0) is 42.0 Å². The first-order chi connectivity index (χ1) is 11.8. The Bertz CT molecular complexity index is 1200. The average molecular weight is 375 g/mol. The van der Waals surface area contributed by atoms with E-state index in [0.29, 0.717) is 9.10 Å². The zero-order valence-corrected chi connectivity index (χ0v) is 14.7. The summed E-state index contributed by atoms with van der Waals surface area (Å²) in [7, 11) is -8.82. The fraction of sp³-hybridized carbons (Fsp3) is 0.0588. The molecule has 0 N–H and O–H groups in total. The van der Waals surface area contributed by atoms with Crippen LogP contribution in [-0.2, 0) is 20.3 Å². The minimum Gasteiger partial charge on any atom is -0.364 e. The number of anilines is 1. The van der Waals surface area contributed by atoms with Crippen LogP contribution in [0.2, 0.25) is 0 Å². The highest BCUT2D eigenvalue weighted by Crippen LogP contribution is 2.44. The van der Waals surface area contributed by atoms with Crippen LogP contribution in [0.25, 0.3) is 10.8 Å². The highest BCUT2D eigenvalue weighted by Gasteiger charge is 2.45. The predicted octanol–water partition coefficient (Wildman–Crippen LogP) is 2.98. The number of aryl methyl sites for hydroxylation is 1. The maximum absolute atomic E-state index is 12.9. The van der Waals surface area contributed by atoms with E-state index < -0.39 is 20.3 Å². The third-order valence-corrected chi connectivity index (χ3v) is 7.59. The Kier molecular flexibility index (Phi) is 3.32. The summed E-state index contributed by atoms with van der Waals surface area (Å²) in [4.78, 5) is -0.119. The van der Waals surface area contributed by atoms with Crippen molar-refractivity contribution in [1.82, 2.24) is 0 Å². The maximum Gasteiger partial charge on any atom is 0.423 e. The molecule has 6 nitrogen and oxygen atoms in total. The number of rotatable bonds is 2. The molecule has 0 aromatic heterocycles. The highest BCUT2D eigenvalue weighted by molar-refractivity contribution is 8.08. The monoisotopic (exact) mass is 375 g/mol. The normalized spacial score (nSPS) is 15.8. The zero-order valence-electron chi connectivity index (χ0n) is 13.1. The smallest absolute Gasteiger partial charge is 0.364 e. The molecule has 1 aliphatic rings. The fourth-order valence-electron chi connectivity index (χ4n) is 2.74. The van der Waals surface area contributed by atoms with Crippen LogP contribution in [0.3, 0.4) is 0 Å². The third-order valence-electron chi connectivity index (χ3n) is 3.96. The Morgan fingerprint density at radius 3 is 2.16 bits per heavy atom. The second-order valence-electron chi connectivity index (χ2n) is 5.72. The summed E-state index contributed by atoms with van der Waals surface area (Å²) >= 11 is 0. The van der Waals surface area contributed by atoms with Gasteiger partial charge in [0.2, 0.25) is 0 Å². The first-order valence-corrected chi connectivity index (χ1v) is 10.2. The Hall–Kier alpha value is -2.58. The van der Waals surface area contributed by atoms with Crippen molar-refractivity contribution in [2.24, 2.45) is 0 Å². The van der Waals surface area contributed by atoms with Crippen molar-refractivity contribution in [3.63, 3.8) is 0 Å². The molecule has 4 rings (SSSR count). The third kappa shape index (κ3) is 2.45. The second-order valence-corrected chi connectivity index (χ2v) is 9.13. The van der Waals surface area contributed by atoms with Crippen molar-refractivity contribution >= 4 is 36.8 Å². The van der Waals surface area contributed by atoms with Gasteiger partial charge in [0.25, 0.3) is 10.0 Å². The zero-order chi connectivity index (χ0) is 17.8. The van der Waals surface area contributed by atoms with Gasteiger partial charge in [0.1, 0.15) is 5.69 Å². The van der Waals surface area contributed by atoms with E-state index in [1.165, 1.54) is 24.3 Å². The van der Waals surface area contributed by atoms with Gasteiger partial charge in [0.15, 0.2) is 5.75 Å². The quantitative estimate of drug-likeness (QED) is 0.688. The minimum absolute atomic E-state index is 0.00520. The highest BCUT2D eigenvalue weighted by atomic mass is 32.3. The average Bonchev–Trinajstić information content (AvgIpc) is 2.82. The molecule has 0 aliphatic carbocycles. The standard InChI is InChI=1S/C17H13NO5S2/c1-12-6-8-15(9-7-12)24(19,20)18-16-10-13-4-2-3-5-14(13)11-17(16)23-25(18,21)22/h2-11H,1H3. The van der Waals surface area contributed by atoms with E-state index in [1.54, 1.807) is 36.4 Å². The number of hydrogen-bond acceptors (Lipinski definition) is 5. The Labute approximate surface area is 145 Å². The van der Waals surface area contributed by atoms with Crippen LogP contribution in [0.5, 0.6) is 5.75 Å². The molecule has 1 heterocycles. The molecule has 0 radical (unpaired) electrons. The second kappa shape index (κ2) is 5.21. The number of hydrogen-bond donors (Lipinski definition) is 0. The summed E-state index contributed by atoms with van der Waals surface area (Å²) in [6, 6.07) is 16.2. The van der Waals surface area contributed by atoms with Gasteiger partial charge < -0.3 is 4.18 Å². The molecule has 0 atom stereocenters. The molecule has 0 saturated carbocycles. The van der Waals surface area contributed by atoms with Crippen molar-refractivity contribution in [1.29, 1.82) is 0 Å². The van der Waals surface area contributed by atoms with Gasteiger partial charge >= 0.3 is 10.3 Å². The van der Waals surface area contributed by atoms with Crippen molar-refractivity contribution in [2.75, 3.05) is 3.71 Å². The summed E-state index contributed by atoms with van der Waals surface area (Å²) < 4.78 is 56.0. The molecule has 0 fully saturated rings. The molecule has 25 heavy (non-hydrogen) atoms. The van der Waals surface area contributed by atoms with Gasteiger partial charge in [-0.1, -0.05) is 42.0 Å². The Balaban J connectivity index is 1.96. The Morgan fingerprint density at radius 2 is 1.52 bits per heavy atom. The van der Waals surface area contributed by atoms with Gasteiger partial charge in [0.05, 0.1) is 4.90 Å². The maximum atomic E-state index is 12.9. The van der Waals surface area contributed by atoms with Crippen molar-refractivity contribution in [3.05, 3.63) is 66.2 Å². The number of fused-ring (bicyclic) bond motifs is 2. The summed E-state index contributed by atoms with van der Waals surface area (Å²) in [5.41, 5.74) is 0.852. The molecule has 0 amide bonds. The molecular weight excluding hydrogens is 362 g/mol. The lowest BCUT2D eigenvalue weighted by Gasteiger charge is -2.16. The first kappa shape index (κ1) is 15.9. The number of sulfonamides is 1. The van der Waals surface area contributed by atoms with Crippen LogP contribution < -0.4 is 7.89 Å². The summed E-state index contributed by atoms with van der Waals surface area (Å²) in [5.74, 6) is -0.00520. The van der Waals surface area contributed by atoms with Crippen LogP contribution in [0.1, 0.15) is 5.56 Å². The molecule has 0 saturated heterocycles. The lowest BCUT2D eigenvalue weighted by atomic mass is 10.1. The van der Waals surface area contributed by atoms with E-state index in [9.17, 15) is 16.8 Å². The van der Waals surface area contributed by atoms with E-state index in [2.05, 4.69) is 0 Å². The lowest BCUT2D eigenvalue weighted by Crippen LogP contribution is -2.35.